The molecule has 0 aliphatic rings. The Labute approximate surface area is 742 Å². The van der Waals surface area contributed by atoms with Crippen LogP contribution in [-0.2, 0) is 129 Å². The van der Waals surface area contributed by atoms with E-state index in [2.05, 4.69) is 15.9 Å². The summed E-state index contributed by atoms with van der Waals surface area (Å²) in [5.41, 5.74) is 6.15. The van der Waals surface area contributed by atoms with E-state index in [1.165, 1.54) is 38.5 Å². The van der Waals surface area contributed by atoms with Gasteiger partial charge < -0.3 is 37.9 Å². The van der Waals surface area contributed by atoms with Gasteiger partial charge in [-0.1, -0.05) is 432 Å². The summed E-state index contributed by atoms with van der Waals surface area (Å²) in [6, 6.07) is 77.0. The van der Waals surface area contributed by atoms with Crippen LogP contribution < -0.4 is 0 Å². The summed E-state index contributed by atoms with van der Waals surface area (Å²) in [7, 11) is 0. The fraction of sp³-hybridized carbons (Fsp3) is 0.472. The Balaban J connectivity index is 0.000000322. The Hall–Kier alpha value is -10.0. The monoisotopic (exact) mass is 1740 g/mol. The van der Waals surface area contributed by atoms with Crippen LogP contribution in [0.3, 0.4) is 0 Å². The second-order valence-electron chi connectivity index (χ2n) is 31.8. The molecule has 0 N–H and O–H groups in total. The molecule has 8 aromatic rings. The number of hydrogen-bond acceptors (Lipinski definition) is 16. The lowest BCUT2D eigenvalue weighted by atomic mass is 9.77. The van der Waals surface area contributed by atoms with Gasteiger partial charge in [0.15, 0.2) is 11.3 Å². The lowest BCUT2D eigenvalue weighted by molar-refractivity contribution is -0.176. The standard InChI is InChI=1S/C53H68O8.C35H42O6.C18H27BrO2/c54-49(58-41-45-29-17-13-18-30-45)37-25-9-5-1-3-7-11-27-39-53(51(56)60-43-47-33-21-15-22-34-47,52(57)61-44-48-35-23-16-24-36-48)40-28-12-8-4-2-6-10-26-38-50(55)59-42-46-31-19-14-20-32-46;36-33(39-26-29-18-10-7-11-19-29)25-17-6-4-2-1-3-5-16-24-32(34(37)40-27-30-20-12-8-13-21-30)35(38)41-28-31-22-14-9-15-23-31;19-15-11-6-4-2-1-3-5-10-14-18(20)21-16-17-12-8-7-9-13-17/h13-24,29-36H,1-12,25-28,37-44H2;7-15,18-23,32H,1-6,16-17,24-28H2;7-9,12-13H,1-6,10-11,14-16H2. The fourth-order valence-electron chi connectivity index (χ4n) is 14.2. The summed E-state index contributed by atoms with van der Waals surface area (Å²) in [6.45, 7) is 1.82. The van der Waals surface area contributed by atoms with E-state index in [0.29, 0.717) is 84.2 Å². The molecular formula is C106H137BrO16. The Bertz CT molecular complexity index is 3850. The predicted molar refractivity (Wildman–Crippen MR) is 490 cm³/mol. The third kappa shape index (κ3) is 49.2. The second kappa shape index (κ2) is 67.5. The summed E-state index contributed by atoms with van der Waals surface area (Å²) < 4.78 is 44.2. The molecule has 0 amide bonds. The van der Waals surface area contributed by atoms with Gasteiger partial charge in [0.1, 0.15) is 52.9 Å². The van der Waals surface area contributed by atoms with Crippen molar-refractivity contribution in [2.45, 2.75) is 303 Å². The summed E-state index contributed by atoms with van der Waals surface area (Å²) in [5.74, 6) is -3.52. The summed E-state index contributed by atoms with van der Waals surface area (Å²) in [6.07, 6.45) is 36.0. The number of ether oxygens (including phenoxy) is 8. The molecule has 8 rings (SSSR count). The van der Waals surface area contributed by atoms with E-state index >= 15 is 0 Å². The molecule has 17 heteroatoms. The van der Waals surface area contributed by atoms with Crippen molar-refractivity contribution in [1.82, 2.24) is 0 Å². The lowest BCUT2D eigenvalue weighted by Crippen LogP contribution is -2.42. The topological polar surface area (TPSA) is 210 Å². The van der Waals surface area contributed by atoms with E-state index in [1.54, 1.807) is 0 Å². The number of carbonyl (C=O) groups excluding carboxylic acids is 8. The maximum Gasteiger partial charge on any atom is 0.323 e. The van der Waals surface area contributed by atoms with Gasteiger partial charge in [-0.25, -0.2) is 0 Å². The Morgan fingerprint density at radius 1 is 0.211 bits per heavy atom. The zero-order valence-electron chi connectivity index (χ0n) is 73.0. The minimum atomic E-state index is -1.38. The van der Waals surface area contributed by atoms with Crippen LogP contribution >= 0.6 is 15.9 Å². The number of rotatable bonds is 63. The number of unbranched alkanes of at least 4 members (excludes halogenated alkanes) is 28. The quantitative estimate of drug-likeness (QED) is 0.0114. The van der Waals surface area contributed by atoms with Crippen LogP contribution in [0.4, 0.5) is 0 Å². The van der Waals surface area contributed by atoms with Crippen molar-refractivity contribution in [3.8, 4) is 0 Å². The van der Waals surface area contributed by atoms with Crippen LogP contribution in [0.1, 0.15) is 295 Å². The number of halogens is 1. The zero-order chi connectivity index (χ0) is 87.2. The van der Waals surface area contributed by atoms with E-state index in [1.807, 2.05) is 243 Å². The van der Waals surface area contributed by atoms with Crippen molar-refractivity contribution in [1.29, 1.82) is 0 Å². The first-order chi connectivity index (χ1) is 60.4. The first kappa shape index (κ1) is 102. The Morgan fingerprint density at radius 2 is 0.390 bits per heavy atom. The van der Waals surface area contributed by atoms with Crippen LogP contribution in [0.2, 0.25) is 0 Å². The predicted octanol–water partition coefficient (Wildman–Crippen LogP) is 26.1. The number of benzene rings is 8. The molecule has 0 unspecified atom stereocenters. The molecule has 0 radical (unpaired) electrons. The molecule has 0 aliphatic carbocycles. The van der Waals surface area contributed by atoms with Gasteiger partial charge >= 0.3 is 47.8 Å². The molecule has 123 heavy (non-hydrogen) atoms. The van der Waals surface area contributed by atoms with E-state index in [-0.39, 0.29) is 50.3 Å². The minimum Gasteiger partial charge on any atom is -0.461 e. The van der Waals surface area contributed by atoms with Crippen molar-refractivity contribution >= 4 is 63.7 Å². The highest BCUT2D eigenvalue weighted by atomic mass is 79.9. The van der Waals surface area contributed by atoms with Crippen LogP contribution in [0.25, 0.3) is 0 Å². The van der Waals surface area contributed by atoms with Crippen molar-refractivity contribution in [3.63, 3.8) is 0 Å². The normalized spacial score (nSPS) is 10.9. The van der Waals surface area contributed by atoms with Crippen LogP contribution in [0.15, 0.2) is 243 Å². The second-order valence-corrected chi connectivity index (χ2v) is 32.6. The average Bonchev–Trinajstić information content (AvgIpc) is 0.803. The molecule has 0 fully saturated rings. The van der Waals surface area contributed by atoms with E-state index in [0.717, 1.165) is 204 Å². The summed E-state index contributed by atoms with van der Waals surface area (Å²) in [5, 5.41) is 1.12. The largest absolute Gasteiger partial charge is 0.461 e. The molecule has 0 saturated carbocycles. The smallest absolute Gasteiger partial charge is 0.323 e. The molecule has 8 aromatic carbocycles. The van der Waals surface area contributed by atoms with Gasteiger partial charge in [-0.05, 0) is 95.9 Å². The first-order valence-electron chi connectivity index (χ1n) is 45.6. The third-order valence-corrected chi connectivity index (χ3v) is 22.1. The minimum absolute atomic E-state index is 0.0730. The molecule has 0 spiro atoms. The summed E-state index contributed by atoms with van der Waals surface area (Å²) in [4.78, 5) is 102. The highest BCUT2D eigenvalue weighted by molar-refractivity contribution is 9.09. The van der Waals surface area contributed by atoms with Crippen LogP contribution in [0.5, 0.6) is 0 Å². The van der Waals surface area contributed by atoms with Crippen LogP contribution in [0, 0.1) is 11.3 Å². The maximum atomic E-state index is 14.2. The first-order valence-corrected chi connectivity index (χ1v) is 46.7. The van der Waals surface area contributed by atoms with E-state index in [9.17, 15) is 38.4 Å². The van der Waals surface area contributed by atoms with Crippen molar-refractivity contribution < 1.29 is 76.3 Å². The zero-order valence-corrected chi connectivity index (χ0v) is 74.6. The van der Waals surface area contributed by atoms with Gasteiger partial charge in [0.25, 0.3) is 0 Å². The molecule has 0 aliphatic heterocycles. The third-order valence-electron chi connectivity index (χ3n) is 21.6. The summed E-state index contributed by atoms with van der Waals surface area (Å²) >= 11 is 3.45. The van der Waals surface area contributed by atoms with Gasteiger partial charge in [-0.2, -0.15) is 0 Å². The van der Waals surface area contributed by atoms with E-state index < -0.39 is 35.2 Å². The number of alkyl halides is 1. The number of carbonyl (C=O) groups is 8. The van der Waals surface area contributed by atoms with Crippen molar-refractivity contribution in [3.05, 3.63) is 287 Å². The maximum absolute atomic E-state index is 14.2. The van der Waals surface area contributed by atoms with Crippen molar-refractivity contribution in [2.24, 2.45) is 11.3 Å². The fourth-order valence-corrected chi connectivity index (χ4v) is 14.6. The van der Waals surface area contributed by atoms with Crippen LogP contribution in [-0.4, -0.2) is 53.1 Å². The molecule has 0 bridgehead atoms. The average molecular weight is 1750 g/mol. The molecule has 0 aromatic heterocycles. The Morgan fingerprint density at radius 3 is 0.610 bits per heavy atom. The van der Waals surface area contributed by atoms with Gasteiger partial charge in [-0.3, -0.25) is 38.4 Å². The lowest BCUT2D eigenvalue weighted by Gasteiger charge is -2.30. The molecular weight excluding hydrogens is 1610 g/mol. The highest BCUT2D eigenvalue weighted by Gasteiger charge is 2.48. The Kier molecular flexibility index (Phi) is 55.9. The van der Waals surface area contributed by atoms with Gasteiger partial charge in [0.05, 0.1) is 0 Å². The van der Waals surface area contributed by atoms with Gasteiger partial charge in [0, 0.05) is 31.0 Å². The number of esters is 8. The molecule has 0 heterocycles. The van der Waals surface area contributed by atoms with Gasteiger partial charge in [0.2, 0.25) is 0 Å². The van der Waals surface area contributed by atoms with Crippen molar-refractivity contribution in [2.75, 3.05) is 5.33 Å². The molecule has 0 atom stereocenters. The number of hydrogen-bond donors (Lipinski definition) is 0. The van der Waals surface area contributed by atoms with Gasteiger partial charge in [-0.15, -0.1) is 0 Å². The highest BCUT2D eigenvalue weighted by Crippen LogP contribution is 2.37. The molecule has 0 saturated heterocycles. The molecule has 16 nitrogen and oxygen atoms in total. The SMILES string of the molecule is O=C(CCCCCCCCCCBr)OCc1ccccc1.O=C(CCCCCCCCCCC(C(=O)OCc1ccccc1)C(=O)OCc1ccccc1)OCc1ccccc1.O=C(CCCCCCCCCCC(CCCCCCCCCCC(=O)OCc1ccccc1)(C(=O)OCc1ccccc1)C(=O)OCc1ccccc1)OCc1ccccc1. The van der Waals surface area contributed by atoms with E-state index in [4.69, 9.17) is 37.9 Å². The molecule has 664 valence electrons.